The van der Waals surface area contributed by atoms with Crippen molar-refractivity contribution in [3.8, 4) is 5.75 Å². The molecule has 1 rings (SSSR count). The van der Waals surface area contributed by atoms with E-state index in [1.807, 2.05) is 20.8 Å². The predicted octanol–water partition coefficient (Wildman–Crippen LogP) is 4.11. The molecule has 192 valence electrons. The number of rotatable bonds is 11. The number of thiol groups is 1. The van der Waals surface area contributed by atoms with Crippen LogP contribution in [0.15, 0.2) is 18.2 Å². The third kappa shape index (κ3) is 9.08. The Kier molecular flexibility index (Phi) is 11.7. The van der Waals surface area contributed by atoms with Crippen molar-refractivity contribution < 1.29 is 24.2 Å². The zero-order valence-corrected chi connectivity index (χ0v) is 22.4. The van der Waals surface area contributed by atoms with Crippen LogP contribution in [0.1, 0.15) is 78.0 Å². The zero-order chi connectivity index (χ0) is 26.1. The predicted molar refractivity (Wildman–Crippen MR) is 137 cm³/mol. The van der Waals surface area contributed by atoms with Crippen molar-refractivity contribution in [2.75, 3.05) is 12.3 Å². The fourth-order valence-corrected chi connectivity index (χ4v) is 3.84. The van der Waals surface area contributed by atoms with Crippen LogP contribution in [0.5, 0.6) is 5.75 Å². The molecule has 0 bridgehead atoms. The second-order valence-electron chi connectivity index (χ2n) is 9.56. The molecule has 8 nitrogen and oxygen atoms in total. The van der Waals surface area contributed by atoms with E-state index in [-0.39, 0.29) is 23.5 Å². The minimum Gasteiger partial charge on any atom is -0.508 e. The molecule has 0 heterocycles. The Labute approximate surface area is 209 Å². The number of nitrogens with one attached hydrogen (secondary N) is 2. The Morgan fingerprint density at radius 2 is 1.79 bits per heavy atom. The summed E-state index contributed by atoms with van der Waals surface area (Å²) in [7, 11) is 0. The van der Waals surface area contributed by atoms with Crippen LogP contribution in [-0.2, 0) is 14.3 Å². The van der Waals surface area contributed by atoms with Crippen molar-refractivity contribution in [1.29, 1.82) is 0 Å². The minimum absolute atomic E-state index is 0.0352. The van der Waals surface area contributed by atoms with E-state index in [1.54, 1.807) is 39.8 Å². The van der Waals surface area contributed by atoms with Crippen LogP contribution >= 0.6 is 12.6 Å². The number of carbonyl (C=O) groups is 3. The first-order valence-electron chi connectivity index (χ1n) is 11.8. The number of hydrogen-bond acceptors (Lipinski definition) is 6. The summed E-state index contributed by atoms with van der Waals surface area (Å²) < 4.78 is 5.30. The van der Waals surface area contributed by atoms with E-state index in [2.05, 4.69) is 23.3 Å². The summed E-state index contributed by atoms with van der Waals surface area (Å²) >= 11 is 4.27. The Morgan fingerprint density at radius 3 is 2.29 bits per heavy atom. The Hall–Kier alpha value is -2.42. The number of benzene rings is 1. The van der Waals surface area contributed by atoms with Gasteiger partial charge in [0.25, 0.3) is 0 Å². The second kappa shape index (κ2) is 13.5. The lowest BCUT2D eigenvalue weighted by molar-refractivity contribution is -0.142. The molecular weight excluding hydrogens is 454 g/mol. The van der Waals surface area contributed by atoms with Crippen molar-refractivity contribution in [2.24, 2.45) is 0 Å². The van der Waals surface area contributed by atoms with Gasteiger partial charge in [-0.1, -0.05) is 26.3 Å². The summed E-state index contributed by atoms with van der Waals surface area (Å²) in [5.74, 6) is -0.608. The van der Waals surface area contributed by atoms with Crippen LogP contribution in [0.2, 0.25) is 0 Å². The highest BCUT2D eigenvalue weighted by molar-refractivity contribution is 7.80. The normalized spacial score (nSPS) is 14.0. The number of amides is 3. The molecule has 3 N–H and O–H groups in total. The average molecular weight is 496 g/mol. The summed E-state index contributed by atoms with van der Waals surface area (Å²) in [6.07, 6.45) is 1.58. The standard InChI is InChI=1S/C25H41N3O5S/c1-8-10-17(4)26-22(30)21(18-11-12-20(29)16(3)14-18)28(13-9-2)23(31)19(15-34)27-24(32)33-25(5,6)7/h11-12,14,17,19,21,29,34H,8-10,13,15H2,1-7H3,(H,26,30)(H,27,32). The van der Waals surface area contributed by atoms with Gasteiger partial charge < -0.3 is 25.4 Å². The zero-order valence-electron chi connectivity index (χ0n) is 21.5. The van der Waals surface area contributed by atoms with Crippen molar-refractivity contribution in [1.82, 2.24) is 15.5 Å². The van der Waals surface area contributed by atoms with E-state index in [1.165, 1.54) is 11.0 Å². The third-order valence-corrected chi connectivity index (χ3v) is 5.49. The fourth-order valence-electron chi connectivity index (χ4n) is 3.59. The molecule has 0 aliphatic carbocycles. The van der Waals surface area contributed by atoms with Crippen LogP contribution in [0.4, 0.5) is 4.79 Å². The van der Waals surface area contributed by atoms with E-state index < -0.39 is 29.7 Å². The number of alkyl carbamates (subject to hydrolysis) is 1. The van der Waals surface area contributed by atoms with E-state index in [0.717, 1.165) is 12.8 Å². The van der Waals surface area contributed by atoms with Crippen LogP contribution in [0.3, 0.4) is 0 Å². The average Bonchev–Trinajstić information content (AvgIpc) is 2.72. The molecule has 9 heteroatoms. The van der Waals surface area contributed by atoms with E-state index >= 15 is 0 Å². The highest BCUT2D eigenvalue weighted by Crippen LogP contribution is 2.27. The van der Waals surface area contributed by atoms with Gasteiger partial charge in [0.05, 0.1) is 0 Å². The molecule has 0 aliphatic rings. The smallest absolute Gasteiger partial charge is 0.408 e. The summed E-state index contributed by atoms with van der Waals surface area (Å²) in [6, 6.07) is 2.88. The molecule has 34 heavy (non-hydrogen) atoms. The third-order valence-electron chi connectivity index (χ3n) is 5.13. The SMILES string of the molecule is CCCC(C)NC(=O)C(c1ccc(O)c(C)c1)N(CCC)C(=O)C(CS)NC(=O)OC(C)(C)C. The molecule has 0 aromatic heterocycles. The molecule has 0 saturated carbocycles. The Morgan fingerprint density at radius 1 is 1.15 bits per heavy atom. The molecule has 3 unspecified atom stereocenters. The molecule has 3 amide bonds. The molecule has 0 saturated heterocycles. The van der Waals surface area contributed by atoms with Gasteiger partial charge in [-0.05, 0) is 70.7 Å². The number of carbonyl (C=O) groups excluding carboxylic acids is 3. The van der Waals surface area contributed by atoms with Crippen LogP contribution in [0.25, 0.3) is 0 Å². The number of ether oxygens (including phenoxy) is 1. The number of hydrogen-bond donors (Lipinski definition) is 4. The second-order valence-corrected chi connectivity index (χ2v) is 9.92. The summed E-state index contributed by atoms with van der Waals surface area (Å²) in [4.78, 5) is 40.9. The number of phenols is 1. The van der Waals surface area contributed by atoms with Gasteiger partial charge in [-0.2, -0.15) is 12.6 Å². The molecular formula is C25H41N3O5S. The van der Waals surface area contributed by atoms with Crippen molar-refractivity contribution in [3.63, 3.8) is 0 Å². The first-order valence-corrected chi connectivity index (χ1v) is 12.5. The fraction of sp³-hybridized carbons (Fsp3) is 0.640. The first kappa shape index (κ1) is 29.6. The summed E-state index contributed by atoms with van der Waals surface area (Å²) in [5, 5.41) is 15.6. The number of phenolic OH excluding ortho intramolecular Hbond substituents is 1. The first-order chi connectivity index (χ1) is 15.8. The van der Waals surface area contributed by atoms with Crippen LogP contribution in [-0.4, -0.2) is 57.9 Å². The largest absolute Gasteiger partial charge is 0.508 e. The monoisotopic (exact) mass is 495 g/mol. The Bertz CT molecular complexity index is 840. The topological polar surface area (TPSA) is 108 Å². The van der Waals surface area contributed by atoms with Gasteiger partial charge in [0.1, 0.15) is 23.4 Å². The van der Waals surface area contributed by atoms with E-state index in [9.17, 15) is 19.5 Å². The number of aryl methyl sites for hydroxylation is 1. The lowest BCUT2D eigenvalue weighted by Gasteiger charge is -2.34. The lowest BCUT2D eigenvalue weighted by Crippen LogP contribution is -2.54. The Balaban J connectivity index is 3.37. The number of nitrogens with zero attached hydrogens (tertiary/aromatic N) is 1. The highest BCUT2D eigenvalue weighted by Gasteiger charge is 2.36. The maximum Gasteiger partial charge on any atom is 0.408 e. The van der Waals surface area contributed by atoms with E-state index in [0.29, 0.717) is 24.1 Å². The van der Waals surface area contributed by atoms with Crippen molar-refractivity contribution in [2.45, 2.75) is 91.5 Å². The lowest BCUT2D eigenvalue weighted by atomic mass is 9.99. The molecule has 0 fully saturated rings. The van der Waals surface area contributed by atoms with Gasteiger partial charge in [-0.15, -0.1) is 0 Å². The molecule has 1 aromatic rings. The minimum atomic E-state index is -0.980. The molecule has 0 aliphatic heterocycles. The maximum atomic E-state index is 13.6. The maximum absolute atomic E-state index is 13.6. The van der Waals surface area contributed by atoms with Gasteiger partial charge >= 0.3 is 6.09 Å². The van der Waals surface area contributed by atoms with Crippen molar-refractivity contribution in [3.05, 3.63) is 29.3 Å². The molecule has 1 aromatic carbocycles. The summed E-state index contributed by atoms with van der Waals surface area (Å²) in [5.41, 5.74) is 0.450. The number of aromatic hydroxyl groups is 1. The molecule has 3 atom stereocenters. The van der Waals surface area contributed by atoms with Crippen LogP contribution in [0, 0.1) is 6.92 Å². The quantitative estimate of drug-likeness (QED) is 0.346. The summed E-state index contributed by atoms with van der Waals surface area (Å²) in [6.45, 7) is 13.1. The van der Waals surface area contributed by atoms with Crippen LogP contribution < -0.4 is 10.6 Å². The van der Waals surface area contributed by atoms with E-state index in [4.69, 9.17) is 4.74 Å². The van der Waals surface area contributed by atoms with Gasteiger partial charge in [-0.3, -0.25) is 9.59 Å². The molecule has 0 spiro atoms. The van der Waals surface area contributed by atoms with Gasteiger partial charge in [-0.25, -0.2) is 4.79 Å². The molecule has 0 radical (unpaired) electrons. The van der Waals surface area contributed by atoms with Crippen molar-refractivity contribution >= 4 is 30.5 Å². The van der Waals surface area contributed by atoms with Gasteiger partial charge in [0, 0.05) is 18.3 Å². The van der Waals surface area contributed by atoms with Gasteiger partial charge in [0.2, 0.25) is 11.8 Å². The van der Waals surface area contributed by atoms with Gasteiger partial charge in [0.15, 0.2) is 0 Å². The highest BCUT2D eigenvalue weighted by atomic mass is 32.1.